The molecule has 0 spiro atoms. The molecule has 1 unspecified atom stereocenters. The number of ether oxygens (including phenoxy) is 2. The van der Waals surface area contributed by atoms with Gasteiger partial charge in [-0.1, -0.05) is 44.2 Å². The highest BCUT2D eigenvalue weighted by molar-refractivity contribution is 6.00. The Hall–Kier alpha value is -4.94. The van der Waals surface area contributed by atoms with Gasteiger partial charge in [0.15, 0.2) is 5.75 Å². The Kier molecular flexibility index (Phi) is 8.91. The molecule has 2 amide bonds. The zero-order chi connectivity index (χ0) is 36.0. The molecule has 4 aliphatic rings. The second kappa shape index (κ2) is 13.6. The number of amides is 2. The Morgan fingerprint density at radius 1 is 0.885 bits per heavy atom. The van der Waals surface area contributed by atoms with Crippen molar-refractivity contribution >= 4 is 17.5 Å². The van der Waals surface area contributed by atoms with Gasteiger partial charge in [-0.25, -0.2) is 18.7 Å². The second-order valence-electron chi connectivity index (χ2n) is 15.0. The molecule has 12 heteroatoms. The summed E-state index contributed by atoms with van der Waals surface area (Å²) in [5, 5.41) is 6.13. The van der Waals surface area contributed by atoms with Crippen molar-refractivity contribution in [3.8, 4) is 17.2 Å². The number of carbonyl (C=O) groups excluding carboxylic acids is 2. The van der Waals surface area contributed by atoms with E-state index in [1.54, 1.807) is 17.3 Å². The highest BCUT2D eigenvalue weighted by Crippen LogP contribution is 2.36. The largest absolute Gasteiger partial charge is 0.490 e. The minimum Gasteiger partial charge on any atom is -0.490 e. The lowest BCUT2D eigenvalue weighted by Gasteiger charge is -2.38. The van der Waals surface area contributed by atoms with Crippen LogP contribution in [0.15, 0.2) is 79.1 Å². The molecule has 10 nitrogen and oxygen atoms in total. The third-order valence-corrected chi connectivity index (χ3v) is 10.7. The summed E-state index contributed by atoms with van der Waals surface area (Å²) >= 11 is 0. The first-order valence-electron chi connectivity index (χ1n) is 17.9. The van der Waals surface area contributed by atoms with Crippen molar-refractivity contribution in [2.75, 3.05) is 18.4 Å². The van der Waals surface area contributed by atoms with Gasteiger partial charge in [0.05, 0.1) is 38.1 Å². The maximum Gasteiger partial charge on any atom is 0.272 e. The Morgan fingerprint density at radius 3 is 2.19 bits per heavy atom. The molecule has 2 saturated heterocycles. The third-order valence-electron chi connectivity index (χ3n) is 10.7. The number of carbonyl (C=O) groups is 2. The fourth-order valence-electron chi connectivity index (χ4n) is 7.56. The monoisotopic (exact) mass is 708 g/mol. The molecule has 0 bridgehead atoms. The van der Waals surface area contributed by atoms with Gasteiger partial charge in [0, 0.05) is 49.5 Å². The van der Waals surface area contributed by atoms with Crippen molar-refractivity contribution < 1.29 is 27.8 Å². The van der Waals surface area contributed by atoms with Gasteiger partial charge in [-0.3, -0.25) is 24.7 Å². The second-order valence-corrected chi connectivity index (χ2v) is 15.0. The molecular formula is C40H42F2N6O4. The van der Waals surface area contributed by atoms with Gasteiger partial charge in [-0.15, -0.1) is 0 Å². The van der Waals surface area contributed by atoms with Gasteiger partial charge < -0.3 is 14.8 Å². The number of hydrogen-bond donors (Lipinski definition) is 2. The molecule has 1 saturated carbocycles. The van der Waals surface area contributed by atoms with E-state index in [4.69, 9.17) is 9.47 Å². The number of aromatic nitrogens is 2. The van der Waals surface area contributed by atoms with Gasteiger partial charge in [0.25, 0.3) is 5.92 Å². The van der Waals surface area contributed by atoms with E-state index in [0.29, 0.717) is 49.3 Å². The lowest BCUT2D eigenvalue weighted by atomic mass is 9.78. The quantitative estimate of drug-likeness (QED) is 0.177. The maximum absolute atomic E-state index is 13.1. The first-order valence-corrected chi connectivity index (χ1v) is 17.9. The number of piperidine rings is 1. The van der Waals surface area contributed by atoms with Crippen LogP contribution in [0.3, 0.4) is 0 Å². The zero-order valence-electron chi connectivity index (χ0n) is 29.3. The Balaban J connectivity index is 0.794. The standard InChI is InChI=1S/C40H42F2N6O4/c1-39(2,28-6-11-32(12-7-28)52-34-18-43-36(44-19-34)22-47-23-40(41,42)24-47)27-4-9-31(10-5-27)51-33-16-30(17-33)45-29-8-3-25-20-48(21-26(25)15-29)35-13-14-37(49)46-38(35)50/h3-12,15,18-19,30,33,35,45H,13-14,16-17,20-24H2,1-2H3,(H,46,49,50). The van der Waals surface area contributed by atoms with Gasteiger partial charge >= 0.3 is 0 Å². The van der Waals surface area contributed by atoms with Crippen LogP contribution in [0.5, 0.6) is 17.2 Å². The van der Waals surface area contributed by atoms with Crippen LogP contribution in [-0.4, -0.2) is 68.8 Å². The van der Waals surface area contributed by atoms with Crippen molar-refractivity contribution in [1.82, 2.24) is 25.1 Å². The number of benzene rings is 3. The van der Waals surface area contributed by atoms with Crippen LogP contribution < -0.4 is 20.1 Å². The molecule has 1 aromatic heterocycles. The molecule has 52 heavy (non-hydrogen) atoms. The molecule has 3 aromatic carbocycles. The van der Waals surface area contributed by atoms with Crippen LogP contribution in [0, 0.1) is 0 Å². The SMILES string of the molecule is CC(C)(c1ccc(Oc2cnc(CN3CC(F)(F)C3)nc2)cc1)c1ccc(OC2CC(Nc3ccc4c(c3)CN(C3CCC(=O)NC3=O)C4)C2)cc1. The first-order chi connectivity index (χ1) is 25.0. The summed E-state index contributed by atoms with van der Waals surface area (Å²) in [6.07, 6.45) is 6.08. The number of alkyl halides is 2. The van der Waals surface area contributed by atoms with E-state index in [9.17, 15) is 18.4 Å². The molecule has 1 atom stereocenters. The summed E-state index contributed by atoms with van der Waals surface area (Å²) < 4.78 is 38.4. The molecule has 270 valence electrons. The molecule has 8 rings (SSSR count). The van der Waals surface area contributed by atoms with E-state index in [2.05, 4.69) is 81.8 Å². The number of nitrogens with zero attached hydrogens (tertiary/aromatic N) is 4. The predicted octanol–water partition coefficient (Wildman–Crippen LogP) is 6.19. The number of anilines is 1. The molecule has 4 heterocycles. The van der Waals surface area contributed by atoms with E-state index in [0.717, 1.165) is 36.4 Å². The number of halogens is 2. The first kappa shape index (κ1) is 34.2. The van der Waals surface area contributed by atoms with E-state index in [1.807, 2.05) is 24.3 Å². The van der Waals surface area contributed by atoms with E-state index >= 15 is 0 Å². The molecule has 3 fully saturated rings. The normalized spacial score (nSPS) is 22.9. The predicted molar refractivity (Wildman–Crippen MR) is 190 cm³/mol. The van der Waals surface area contributed by atoms with Crippen LogP contribution in [0.4, 0.5) is 14.5 Å². The molecular weight excluding hydrogens is 666 g/mol. The number of hydrogen-bond acceptors (Lipinski definition) is 9. The molecule has 3 aliphatic heterocycles. The summed E-state index contributed by atoms with van der Waals surface area (Å²) in [6.45, 7) is 5.58. The van der Waals surface area contributed by atoms with Crippen LogP contribution >= 0.6 is 0 Å². The lowest BCUT2D eigenvalue weighted by molar-refractivity contribution is -0.137. The molecule has 0 radical (unpaired) electrons. The van der Waals surface area contributed by atoms with Crippen molar-refractivity contribution in [2.45, 2.75) is 88.7 Å². The average molecular weight is 709 g/mol. The molecule has 2 N–H and O–H groups in total. The van der Waals surface area contributed by atoms with Crippen LogP contribution in [0.25, 0.3) is 0 Å². The third kappa shape index (κ3) is 7.35. The number of rotatable bonds is 11. The number of fused-ring (bicyclic) bond motifs is 1. The minimum atomic E-state index is -2.61. The summed E-state index contributed by atoms with van der Waals surface area (Å²) in [5.41, 5.74) is 5.58. The van der Waals surface area contributed by atoms with Crippen molar-refractivity contribution in [1.29, 1.82) is 0 Å². The molecule has 1 aliphatic carbocycles. The smallest absolute Gasteiger partial charge is 0.272 e. The van der Waals surface area contributed by atoms with Crippen LogP contribution in [-0.2, 0) is 34.6 Å². The maximum atomic E-state index is 13.1. The van der Waals surface area contributed by atoms with Crippen molar-refractivity contribution in [3.63, 3.8) is 0 Å². The van der Waals surface area contributed by atoms with Gasteiger partial charge in [-0.2, -0.15) is 0 Å². The fourth-order valence-corrected chi connectivity index (χ4v) is 7.56. The Morgan fingerprint density at radius 2 is 1.54 bits per heavy atom. The van der Waals surface area contributed by atoms with Crippen molar-refractivity contribution in [3.05, 3.63) is 107 Å². The topological polar surface area (TPSA) is 109 Å². The van der Waals surface area contributed by atoms with Crippen LogP contribution in [0.1, 0.15) is 67.6 Å². The van der Waals surface area contributed by atoms with E-state index in [1.165, 1.54) is 16.7 Å². The zero-order valence-corrected chi connectivity index (χ0v) is 29.3. The van der Waals surface area contributed by atoms with E-state index in [-0.39, 0.29) is 42.5 Å². The number of imide groups is 1. The highest BCUT2D eigenvalue weighted by atomic mass is 19.3. The number of likely N-dealkylation sites (tertiary alicyclic amines) is 1. The fraction of sp³-hybridized carbons (Fsp3) is 0.400. The lowest BCUT2D eigenvalue weighted by Crippen LogP contribution is -2.55. The summed E-state index contributed by atoms with van der Waals surface area (Å²) in [5.74, 6) is -0.498. The van der Waals surface area contributed by atoms with Crippen molar-refractivity contribution in [2.24, 2.45) is 0 Å². The Labute approximate surface area is 301 Å². The van der Waals surface area contributed by atoms with Gasteiger partial charge in [0.1, 0.15) is 23.4 Å². The average Bonchev–Trinajstić information content (AvgIpc) is 3.51. The highest BCUT2D eigenvalue weighted by Gasteiger charge is 2.43. The van der Waals surface area contributed by atoms with E-state index < -0.39 is 5.92 Å². The summed E-state index contributed by atoms with van der Waals surface area (Å²) in [4.78, 5) is 36.2. The van der Waals surface area contributed by atoms with Gasteiger partial charge in [0.2, 0.25) is 11.8 Å². The van der Waals surface area contributed by atoms with Crippen LogP contribution in [0.2, 0.25) is 0 Å². The summed E-state index contributed by atoms with van der Waals surface area (Å²) in [7, 11) is 0. The number of nitrogens with one attached hydrogen (secondary N) is 2. The summed E-state index contributed by atoms with van der Waals surface area (Å²) in [6, 6.07) is 22.8. The minimum absolute atomic E-state index is 0.150. The Bertz CT molecular complexity index is 1940. The van der Waals surface area contributed by atoms with Gasteiger partial charge in [-0.05, 0) is 65.1 Å². The molecule has 4 aromatic rings.